The van der Waals surface area contributed by atoms with Gasteiger partial charge in [-0.1, -0.05) is 0 Å². The summed E-state index contributed by atoms with van der Waals surface area (Å²) in [7, 11) is 3.25. The summed E-state index contributed by atoms with van der Waals surface area (Å²) in [6, 6.07) is 15.0. The molecule has 0 saturated carbocycles. The van der Waals surface area contributed by atoms with Gasteiger partial charge in [0, 0.05) is 12.1 Å². The highest BCUT2D eigenvalue weighted by molar-refractivity contribution is 7.18. The minimum atomic E-state index is 0.562. The fourth-order valence-corrected chi connectivity index (χ4v) is 3.70. The Labute approximate surface area is 158 Å². The molecule has 0 saturated heterocycles. The summed E-state index contributed by atoms with van der Waals surface area (Å²) in [5.74, 6) is 2.59. The number of rotatable bonds is 4. The zero-order valence-electron chi connectivity index (χ0n) is 14.6. The van der Waals surface area contributed by atoms with Crippen LogP contribution in [-0.4, -0.2) is 24.2 Å². The summed E-state index contributed by atoms with van der Waals surface area (Å²) in [4.78, 5) is 10.9. The van der Waals surface area contributed by atoms with Crippen LogP contribution in [0.15, 0.2) is 57.4 Å². The van der Waals surface area contributed by atoms with Gasteiger partial charge in [-0.2, -0.15) is 0 Å². The van der Waals surface area contributed by atoms with Gasteiger partial charge in [0.25, 0.3) is 0 Å². The number of hydrogen-bond donors (Lipinski definition) is 0. The van der Waals surface area contributed by atoms with Crippen molar-refractivity contribution in [1.82, 2.24) is 9.97 Å². The highest BCUT2D eigenvalue weighted by Crippen LogP contribution is 2.37. The van der Waals surface area contributed by atoms with Gasteiger partial charge in [0.1, 0.15) is 22.5 Å². The minimum Gasteiger partial charge on any atom is -0.497 e. The van der Waals surface area contributed by atoms with E-state index in [-0.39, 0.29) is 0 Å². The third-order valence-corrected chi connectivity index (χ3v) is 5.28. The van der Waals surface area contributed by atoms with Gasteiger partial charge in [-0.3, -0.25) is 0 Å². The summed E-state index contributed by atoms with van der Waals surface area (Å²) < 4.78 is 22.2. The van der Waals surface area contributed by atoms with E-state index in [0.717, 1.165) is 32.3 Å². The van der Waals surface area contributed by atoms with Crippen molar-refractivity contribution in [3.05, 3.63) is 48.5 Å². The number of thiophene rings is 1. The molecule has 0 amide bonds. The molecular weight excluding hydrogens is 364 g/mol. The van der Waals surface area contributed by atoms with Crippen LogP contribution in [0.1, 0.15) is 0 Å². The van der Waals surface area contributed by atoms with E-state index in [1.165, 1.54) is 11.3 Å². The van der Waals surface area contributed by atoms with Crippen LogP contribution < -0.4 is 9.47 Å². The monoisotopic (exact) mass is 378 g/mol. The average Bonchev–Trinajstić information content (AvgIpc) is 3.43. The van der Waals surface area contributed by atoms with E-state index in [2.05, 4.69) is 9.97 Å². The van der Waals surface area contributed by atoms with Crippen LogP contribution in [0.3, 0.4) is 0 Å². The van der Waals surface area contributed by atoms with Crippen molar-refractivity contribution in [2.45, 2.75) is 0 Å². The lowest BCUT2D eigenvalue weighted by molar-refractivity contribution is 0.414. The van der Waals surface area contributed by atoms with Crippen LogP contribution in [0, 0.1) is 0 Å². The van der Waals surface area contributed by atoms with E-state index in [1.54, 1.807) is 14.2 Å². The number of oxazole rings is 2. The van der Waals surface area contributed by atoms with E-state index in [9.17, 15) is 0 Å². The number of nitrogens with zero attached hydrogens (tertiary/aromatic N) is 2. The summed E-state index contributed by atoms with van der Waals surface area (Å²) >= 11 is 1.51. The van der Waals surface area contributed by atoms with Gasteiger partial charge in [0.2, 0.25) is 11.8 Å². The Hall–Kier alpha value is -3.32. The first-order valence-corrected chi connectivity index (χ1v) is 9.05. The van der Waals surface area contributed by atoms with Crippen molar-refractivity contribution in [3.63, 3.8) is 0 Å². The highest BCUT2D eigenvalue weighted by Gasteiger charge is 2.15. The molecular formula is C20H14N2O4S. The molecule has 134 valence electrons. The lowest BCUT2D eigenvalue weighted by Crippen LogP contribution is -1.80. The van der Waals surface area contributed by atoms with Crippen LogP contribution in [0.4, 0.5) is 0 Å². The van der Waals surface area contributed by atoms with Crippen molar-refractivity contribution in [2.24, 2.45) is 0 Å². The predicted molar refractivity (Wildman–Crippen MR) is 103 cm³/mol. The van der Waals surface area contributed by atoms with Gasteiger partial charge in [0.05, 0.1) is 24.0 Å². The second-order valence-electron chi connectivity index (χ2n) is 5.87. The van der Waals surface area contributed by atoms with Gasteiger partial charge in [-0.15, -0.1) is 11.3 Å². The molecule has 0 atom stereocenters. The van der Waals surface area contributed by atoms with Crippen molar-refractivity contribution >= 4 is 33.5 Å². The molecule has 0 fully saturated rings. The van der Waals surface area contributed by atoms with Crippen LogP contribution in [0.5, 0.6) is 11.5 Å². The number of methoxy groups -OCH3 is 2. The molecule has 27 heavy (non-hydrogen) atoms. The van der Waals surface area contributed by atoms with Gasteiger partial charge in [-0.05, 0) is 36.4 Å². The zero-order chi connectivity index (χ0) is 18.4. The Morgan fingerprint density at radius 2 is 1.19 bits per heavy atom. The first-order chi connectivity index (χ1) is 13.2. The molecule has 0 N–H and O–H groups in total. The molecule has 5 aromatic rings. The second kappa shape index (κ2) is 6.14. The number of aromatic nitrogens is 2. The highest BCUT2D eigenvalue weighted by atomic mass is 32.1. The Kier molecular flexibility index (Phi) is 3.61. The maximum Gasteiger partial charge on any atom is 0.237 e. The maximum atomic E-state index is 5.89. The molecule has 0 radical (unpaired) electrons. The number of fused-ring (bicyclic) bond motifs is 2. The fourth-order valence-electron chi connectivity index (χ4n) is 2.84. The number of benzene rings is 2. The summed E-state index contributed by atoms with van der Waals surface area (Å²) in [5.41, 5.74) is 2.95. The van der Waals surface area contributed by atoms with Gasteiger partial charge in [0.15, 0.2) is 11.2 Å². The first kappa shape index (κ1) is 15.9. The largest absolute Gasteiger partial charge is 0.497 e. The van der Waals surface area contributed by atoms with Crippen molar-refractivity contribution in [3.8, 4) is 33.0 Å². The Morgan fingerprint density at radius 3 is 1.63 bits per heavy atom. The molecule has 2 aromatic carbocycles. The third kappa shape index (κ3) is 2.72. The van der Waals surface area contributed by atoms with Gasteiger partial charge in [-0.25, -0.2) is 9.97 Å². The zero-order valence-corrected chi connectivity index (χ0v) is 15.4. The molecule has 5 rings (SSSR count). The summed E-state index contributed by atoms with van der Waals surface area (Å²) in [6.07, 6.45) is 0. The SMILES string of the molecule is COc1ccc2nc(-c3ccc(-c4nc5ccc(OC)cc5o4)s3)oc2c1. The van der Waals surface area contributed by atoms with E-state index in [1.807, 2.05) is 48.5 Å². The molecule has 0 aliphatic carbocycles. The van der Waals surface area contributed by atoms with Crippen molar-refractivity contribution in [1.29, 1.82) is 0 Å². The van der Waals surface area contributed by atoms with Crippen molar-refractivity contribution < 1.29 is 18.3 Å². The molecule has 0 unspecified atom stereocenters. The predicted octanol–water partition coefficient (Wildman–Crippen LogP) is 5.38. The summed E-state index contributed by atoms with van der Waals surface area (Å²) in [5, 5.41) is 0. The van der Waals surface area contributed by atoms with E-state index in [0.29, 0.717) is 22.9 Å². The van der Waals surface area contributed by atoms with E-state index in [4.69, 9.17) is 18.3 Å². The van der Waals surface area contributed by atoms with Gasteiger partial charge >= 0.3 is 0 Å². The van der Waals surface area contributed by atoms with Crippen LogP contribution in [0.25, 0.3) is 43.7 Å². The average molecular weight is 378 g/mol. The molecule has 6 nitrogen and oxygen atoms in total. The van der Waals surface area contributed by atoms with E-state index >= 15 is 0 Å². The van der Waals surface area contributed by atoms with Crippen LogP contribution in [0.2, 0.25) is 0 Å². The lowest BCUT2D eigenvalue weighted by atomic mass is 10.3. The molecule has 0 aliphatic heterocycles. The lowest BCUT2D eigenvalue weighted by Gasteiger charge is -1.95. The van der Waals surface area contributed by atoms with Crippen LogP contribution >= 0.6 is 11.3 Å². The topological polar surface area (TPSA) is 70.5 Å². The maximum absolute atomic E-state index is 5.89. The smallest absolute Gasteiger partial charge is 0.237 e. The molecule has 3 heterocycles. The standard InChI is InChI=1S/C20H14N2O4S/c1-23-11-3-5-13-15(9-11)25-19(21-13)17-7-8-18(27-17)20-22-14-6-4-12(24-2)10-16(14)26-20/h3-10H,1-2H3. The van der Waals surface area contributed by atoms with Crippen molar-refractivity contribution in [2.75, 3.05) is 14.2 Å². The Morgan fingerprint density at radius 1 is 0.704 bits per heavy atom. The Balaban J connectivity index is 1.52. The van der Waals surface area contributed by atoms with E-state index < -0.39 is 0 Å². The second-order valence-corrected chi connectivity index (χ2v) is 6.95. The minimum absolute atomic E-state index is 0.562. The molecule has 0 aliphatic rings. The normalized spacial score (nSPS) is 11.3. The third-order valence-electron chi connectivity index (χ3n) is 4.22. The Bertz CT molecular complexity index is 1170. The van der Waals surface area contributed by atoms with Gasteiger partial charge < -0.3 is 18.3 Å². The van der Waals surface area contributed by atoms with Crippen LogP contribution in [-0.2, 0) is 0 Å². The quantitative estimate of drug-likeness (QED) is 0.418. The molecule has 0 bridgehead atoms. The molecule has 0 spiro atoms. The summed E-state index contributed by atoms with van der Waals surface area (Å²) in [6.45, 7) is 0. The molecule has 7 heteroatoms. The molecule has 3 aromatic heterocycles. The number of ether oxygens (including phenoxy) is 2. The fraction of sp³-hybridized carbons (Fsp3) is 0.100. The number of hydrogen-bond acceptors (Lipinski definition) is 7. The first-order valence-electron chi connectivity index (χ1n) is 8.23.